The van der Waals surface area contributed by atoms with Crippen LogP contribution in [-0.2, 0) is 0 Å². The van der Waals surface area contributed by atoms with Crippen LogP contribution in [0.1, 0.15) is 12.8 Å². The summed E-state index contributed by atoms with van der Waals surface area (Å²) in [5, 5.41) is 19.0. The summed E-state index contributed by atoms with van der Waals surface area (Å²) in [6.45, 7) is 3.16. The van der Waals surface area contributed by atoms with Gasteiger partial charge in [-0.3, -0.25) is 0 Å². The number of anilines is 1. The van der Waals surface area contributed by atoms with Crippen LogP contribution in [0.15, 0.2) is 12.1 Å². The second-order valence-electron chi connectivity index (χ2n) is 4.73. The van der Waals surface area contributed by atoms with Crippen LogP contribution in [0.3, 0.4) is 0 Å². The van der Waals surface area contributed by atoms with Crippen LogP contribution in [0.5, 0.6) is 0 Å². The highest BCUT2D eigenvalue weighted by atomic mass is 15.6. The van der Waals surface area contributed by atoms with E-state index in [-0.39, 0.29) is 0 Å². The Morgan fingerprint density at radius 3 is 3.28 bits per heavy atom. The van der Waals surface area contributed by atoms with Gasteiger partial charge in [0, 0.05) is 13.1 Å². The van der Waals surface area contributed by atoms with Crippen LogP contribution in [0.4, 0.5) is 5.82 Å². The zero-order valence-electron chi connectivity index (χ0n) is 10.5. The van der Waals surface area contributed by atoms with E-state index in [1.54, 1.807) is 0 Å². The number of hydrogen-bond donors (Lipinski definition) is 1. The summed E-state index contributed by atoms with van der Waals surface area (Å²) in [6, 6.07) is 3.90. The Morgan fingerprint density at radius 2 is 2.39 bits per heavy atom. The maximum Gasteiger partial charge on any atom is 0.200 e. The van der Waals surface area contributed by atoms with Gasteiger partial charge in [0.2, 0.25) is 0 Å². The minimum atomic E-state index is 0.683. The molecule has 3 heterocycles. The summed E-state index contributed by atoms with van der Waals surface area (Å²) < 4.78 is 1.48. The fourth-order valence-corrected chi connectivity index (χ4v) is 2.54. The van der Waals surface area contributed by atoms with E-state index in [0.29, 0.717) is 11.6 Å². The predicted molar refractivity (Wildman–Crippen MR) is 67.4 cm³/mol. The molecule has 1 aliphatic heterocycles. The molecular weight excluding hydrogens is 230 g/mol. The Bertz CT molecular complexity index is 521. The maximum absolute atomic E-state index is 4.44. The third kappa shape index (κ3) is 2.13. The van der Waals surface area contributed by atoms with E-state index < -0.39 is 0 Å². The maximum atomic E-state index is 4.44. The van der Waals surface area contributed by atoms with E-state index >= 15 is 0 Å². The van der Waals surface area contributed by atoms with Crippen molar-refractivity contribution in [3.63, 3.8) is 0 Å². The zero-order chi connectivity index (χ0) is 12.4. The predicted octanol–water partition coefficient (Wildman–Crippen LogP) is -0.0449. The third-order valence-electron chi connectivity index (χ3n) is 3.39. The van der Waals surface area contributed by atoms with Gasteiger partial charge in [-0.2, -0.15) is 0 Å². The molecule has 0 amide bonds. The lowest BCUT2D eigenvalue weighted by atomic mass is 9.98. The Labute approximate surface area is 105 Å². The number of fused-ring (bicyclic) bond motifs is 1. The Morgan fingerprint density at radius 1 is 1.44 bits per heavy atom. The van der Waals surface area contributed by atoms with Crippen molar-refractivity contribution in [2.24, 2.45) is 5.92 Å². The zero-order valence-corrected chi connectivity index (χ0v) is 10.5. The third-order valence-corrected chi connectivity index (χ3v) is 3.39. The highest BCUT2D eigenvalue weighted by molar-refractivity contribution is 5.44. The first-order valence-corrected chi connectivity index (χ1v) is 6.32. The van der Waals surface area contributed by atoms with E-state index in [1.807, 2.05) is 19.2 Å². The van der Waals surface area contributed by atoms with Gasteiger partial charge in [0.05, 0.1) is 0 Å². The number of aromatic nitrogens is 5. The van der Waals surface area contributed by atoms with E-state index in [0.717, 1.165) is 25.5 Å². The van der Waals surface area contributed by atoms with Crippen molar-refractivity contribution >= 4 is 11.5 Å². The van der Waals surface area contributed by atoms with Gasteiger partial charge in [0.25, 0.3) is 0 Å². The van der Waals surface area contributed by atoms with Crippen molar-refractivity contribution in [3.05, 3.63) is 12.1 Å². The van der Waals surface area contributed by atoms with Crippen molar-refractivity contribution in [1.29, 1.82) is 0 Å². The molecule has 0 saturated carbocycles. The summed E-state index contributed by atoms with van der Waals surface area (Å²) in [7, 11) is 2.00. The average molecular weight is 247 g/mol. The van der Waals surface area contributed by atoms with Crippen molar-refractivity contribution in [1.82, 2.24) is 30.6 Å². The number of nitrogens with zero attached hydrogens (tertiary/aromatic N) is 6. The number of tetrazole rings is 1. The van der Waals surface area contributed by atoms with Crippen LogP contribution in [0, 0.1) is 5.92 Å². The number of nitrogens with one attached hydrogen (secondary N) is 1. The van der Waals surface area contributed by atoms with Crippen molar-refractivity contribution in [3.8, 4) is 0 Å². The first kappa shape index (κ1) is 11.3. The molecule has 1 N–H and O–H groups in total. The minimum absolute atomic E-state index is 0.683. The van der Waals surface area contributed by atoms with E-state index in [9.17, 15) is 0 Å². The van der Waals surface area contributed by atoms with Crippen LogP contribution in [-0.4, -0.2) is 51.9 Å². The van der Waals surface area contributed by atoms with Crippen LogP contribution in [0.2, 0.25) is 0 Å². The molecule has 3 rings (SSSR count). The monoisotopic (exact) mass is 247 g/mol. The number of hydrogen-bond acceptors (Lipinski definition) is 6. The van der Waals surface area contributed by atoms with Gasteiger partial charge < -0.3 is 10.2 Å². The van der Waals surface area contributed by atoms with E-state index in [2.05, 4.69) is 30.8 Å². The van der Waals surface area contributed by atoms with Crippen molar-refractivity contribution < 1.29 is 0 Å². The molecule has 1 aliphatic rings. The second kappa shape index (κ2) is 4.85. The molecule has 0 aromatic carbocycles. The first-order chi connectivity index (χ1) is 8.86. The molecule has 1 saturated heterocycles. The van der Waals surface area contributed by atoms with Gasteiger partial charge >= 0.3 is 0 Å². The summed E-state index contributed by atoms with van der Waals surface area (Å²) in [5.74, 6) is 1.64. The van der Waals surface area contributed by atoms with Gasteiger partial charge in [0.15, 0.2) is 11.5 Å². The molecular formula is C11H17N7. The van der Waals surface area contributed by atoms with Crippen LogP contribution >= 0.6 is 0 Å². The molecule has 7 heteroatoms. The lowest BCUT2D eigenvalue weighted by Gasteiger charge is -2.33. The summed E-state index contributed by atoms with van der Waals surface area (Å²) in [4.78, 5) is 2.31. The lowest BCUT2D eigenvalue weighted by molar-refractivity contribution is 0.400. The minimum Gasteiger partial charge on any atom is -0.355 e. The molecule has 0 spiro atoms. The normalized spacial score (nSPS) is 20.5. The SMILES string of the molecule is CNCC1CCCN(c2ccc3nnnn3n2)C1. The van der Waals surface area contributed by atoms with Gasteiger partial charge in [-0.05, 0) is 54.9 Å². The van der Waals surface area contributed by atoms with Gasteiger partial charge in [-0.25, -0.2) is 0 Å². The standard InChI is InChI=1S/C11H17N7/c1-12-7-9-3-2-6-17(8-9)11-5-4-10-13-15-16-18(10)14-11/h4-5,9,12H,2-3,6-8H2,1H3. The van der Waals surface area contributed by atoms with E-state index in [1.165, 1.54) is 17.5 Å². The molecule has 1 atom stereocenters. The summed E-state index contributed by atoms with van der Waals surface area (Å²) in [6.07, 6.45) is 2.49. The molecule has 0 aliphatic carbocycles. The molecule has 1 fully saturated rings. The first-order valence-electron chi connectivity index (χ1n) is 6.32. The van der Waals surface area contributed by atoms with Gasteiger partial charge in [-0.15, -0.1) is 14.8 Å². The molecule has 96 valence electrons. The van der Waals surface area contributed by atoms with Gasteiger partial charge in [-0.1, -0.05) is 0 Å². The molecule has 1 unspecified atom stereocenters. The van der Waals surface area contributed by atoms with E-state index in [4.69, 9.17) is 0 Å². The largest absolute Gasteiger partial charge is 0.355 e. The van der Waals surface area contributed by atoms with Crippen LogP contribution in [0.25, 0.3) is 5.65 Å². The average Bonchev–Trinajstić information content (AvgIpc) is 2.86. The number of piperidine rings is 1. The van der Waals surface area contributed by atoms with Crippen molar-refractivity contribution in [2.75, 3.05) is 31.6 Å². The quantitative estimate of drug-likeness (QED) is 0.820. The number of rotatable bonds is 3. The van der Waals surface area contributed by atoms with Crippen molar-refractivity contribution in [2.45, 2.75) is 12.8 Å². The highest BCUT2D eigenvalue weighted by Gasteiger charge is 2.20. The highest BCUT2D eigenvalue weighted by Crippen LogP contribution is 2.20. The summed E-state index contributed by atoms with van der Waals surface area (Å²) in [5.41, 5.74) is 0.683. The molecule has 7 nitrogen and oxygen atoms in total. The van der Waals surface area contributed by atoms with Gasteiger partial charge in [0.1, 0.15) is 0 Å². The molecule has 2 aromatic heterocycles. The fourth-order valence-electron chi connectivity index (χ4n) is 2.54. The topological polar surface area (TPSA) is 71.2 Å². The molecule has 2 aromatic rings. The van der Waals surface area contributed by atoms with Crippen LogP contribution < -0.4 is 10.2 Å². The smallest absolute Gasteiger partial charge is 0.200 e. The molecule has 0 radical (unpaired) electrons. The Kier molecular flexibility index (Phi) is 3.06. The lowest BCUT2D eigenvalue weighted by Crippen LogP contribution is -2.39. The molecule has 0 bridgehead atoms. The summed E-state index contributed by atoms with van der Waals surface area (Å²) >= 11 is 0. The second-order valence-corrected chi connectivity index (χ2v) is 4.73. The Balaban J connectivity index is 1.80. The Hall–Kier alpha value is -1.76. The fraction of sp³-hybridized carbons (Fsp3) is 0.636. The molecule has 18 heavy (non-hydrogen) atoms.